The van der Waals surface area contributed by atoms with Crippen LogP contribution in [0.3, 0.4) is 0 Å². The predicted octanol–water partition coefficient (Wildman–Crippen LogP) is 5.69. The second-order valence-corrected chi connectivity index (χ2v) is 9.68. The molecule has 1 rings (SSSR count). The molecule has 0 saturated heterocycles. The minimum Gasteiger partial charge on any atom is -0.460 e. The van der Waals surface area contributed by atoms with Crippen LogP contribution in [0.15, 0.2) is 28.7 Å². The Morgan fingerprint density at radius 3 is 2.14 bits per heavy atom. The fourth-order valence-electron chi connectivity index (χ4n) is 3.05. The molecule has 1 aromatic rings. The van der Waals surface area contributed by atoms with Gasteiger partial charge in [-0.05, 0) is 57.2 Å². The molecule has 28 heavy (non-hydrogen) atoms. The molecule has 0 spiro atoms. The van der Waals surface area contributed by atoms with Crippen LogP contribution in [0, 0.1) is 11.8 Å². The Morgan fingerprint density at radius 2 is 1.61 bits per heavy atom. The fourth-order valence-corrected chi connectivity index (χ4v) is 3.32. The van der Waals surface area contributed by atoms with Gasteiger partial charge in [-0.2, -0.15) is 0 Å². The van der Waals surface area contributed by atoms with E-state index in [1.165, 1.54) is 0 Å². The molecule has 5 heteroatoms. The van der Waals surface area contributed by atoms with Crippen molar-refractivity contribution < 1.29 is 19.1 Å². The van der Waals surface area contributed by atoms with Crippen LogP contribution in [-0.2, 0) is 25.5 Å². The molecule has 0 bridgehead atoms. The topological polar surface area (TPSA) is 60.4 Å². The van der Waals surface area contributed by atoms with Crippen molar-refractivity contribution in [3.8, 4) is 0 Å². The molecule has 4 nitrogen and oxygen atoms in total. The molecule has 0 radical (unpaired) electrons. The summed E-state index contributed by atoms with van der Waals surface area (Å²) in [5.74, 6) is 0.0100. The maximum absolute atomic E-state index is 12.6. The fraction of sp³-hybridized carbons (Fsp3) is 0.609. The number of hydrogen-bond donors (Lipinski definition) is 0. The van der Waals surface area contributed by atoms with Crippen LogP contribution in [0.1, 0.15) is 72.3 Å². The monoisotopic (exact) mass is 452 g/mol. The van der Waals surface area contributed by atoms with Gasteiger partial charge in [-0.15, -0.1) is 0 Å². The highest BCUT2D eigenvalue weighted by Gasteiger charge is 2.23. The van der Waals surface area contributed by atoms with E-state index in [4.69, 9.17) is 4.74 Å². The van der Waals surface area contributed by atoms with Crippen LogP contribution >= 0.6 is 15.9 Å². The Hall–Kier alpha value is -1.49. The first-order valence-corrected chi connectivity index (χ1v) is 10.8. The van der Waals surface area contributed by atoms with E-state index >= 15 is 0 Å². The average Bonchev–Trinajstić information content (AvgIpc) is 2.56. The number of rotatable bonds is 11. The van der Waals surface area contributed by atoms with E-state index in [2.05, 4.69) is 29.8 Å². The first-order chi connectivity index (χ1) is 13.0. The Kier molecular flexibility index (Phi) is 10.1. The largest absolute Gasteiger partial charge is 0.460 e. The molecule has 0 heterocycles. The van der Waals surface area contributed by atoms with Gasteiger partial charge < -0.3 is 4.74 Å². The highest BCUT2D eigenvalue weighted by atomic mass is 79.9. The van der Waals surface area contributed by atoms with Crippen molar-refractivity contribution in [1.29, 1.82) is 0 Å². The second kappa shape index (κ2) is 11.5. The summed E-state index contributed by atoms with van der Waals surface area (Å²) >= 11 is 3.39. The molecule has 156 valence electrons. The van der Waals surface area contributed by atoms with E-state index in [1.807, 2.05) is 45.0 Å². The zero-order chi connectivity index (χ0) is 21.3. The van der Waals surface area contributed by atoms with Crippen LogP contribution in [0.25, 0.3) is 0 Å². The van der Waals surface area contributed by atoms with Crippen molar-refractivity contribution in [3.63, 3.8) is 0 Å². The number of carbonyl (C=O) groups excluding carboxylic acids is 3. The molecular weight excluding hydrogens is 420 g/mol. The molecule has 0 fully saturated rings. The van der Waals surface area contributed by atoms with Crippen molar-refractivity contribution >= 4 is 33.5 Å². The smallest absolute Gasteiger partial charge is 0.306 e. The molecule has 0 aliphatic heterocycles. The van der Waals surface area contributed by atoms with Gasteiger partial charge in [-0.3, -0.25) is 14.4 Å². The number of hydrogen-bond acceptors (Lipinski definition) is 4. The van der Waals surface area contributed by atoms with E-state index in [1.54, 1.807) is 0 Å². The number of Topliss-reactive ketones (excluding diaryl/α,β-unsaturated/α-hetero) is 2. The average molecular weight is 453 g/mol. The van der Waals surface area contributed by atoms with Crippen molar-refractivity contribution in [2.75, 3.05) is 0 Å². The summed E-state index contributed by atoms with van der Waals surface area (Å²) in [6.07, 6.45) is 2.31. The maximum atomic E-state index is 12.6. The second-order valence-electron chi connectivity index (χ2n) is 8.76. The molecule has 0 N–H and O–H groups in total. The SMILES string of the molecule is CC(C)CC(CCC(=O)Cc1ccc(Br)cc1)C(=O)CCC(=O)OC(C)(C)C. The molecule has 0 aliphatic carbocycles. The van der Waals surface area contributed by atoms with Crippen LogP contribution < -0.4 is 0 Å². The number of benzene rings is 1. The van der Waals surface area contributed by atoms with Gasteiger partial charge in [0, 0.05) is 29.7 Å². The third-order valence-electron chi connectivity index (χ3n) is 4.29. The summed E-state index contributed by atoms with van der Waals surface area (Å²) in [6, 6.07) is 7.70. The maximum Gasteiger partial charge on any atom is 0.306 e. The first kappa shape index (κ1) is 24.5. The summed E-state index contributed by atoms with van der Waals surface area (Å²) in [5.41, 5.74) is 0.432. The molecular formula is C23H33BrO4. The minimum absolute atomic E-state index is 0.0519. The predicted molar refractivity (Wildman–Crippen MR) is 115 cm³/mol. The van der Waals surface area contributed by atoms with Crippen LogP contribution in [0.2, 0.25) is 0 Å². The molecule has 0 aromatic heterocycles. The van der Waals surface area contributed by atoms with Crippen LogP contribution in [0.5, 0.6) is 0 Å². The molecule has 0 saturated carbocycles. The lowest BCUT2D eigenvalue weighted by Crippen LogP contribution is -2.25. The molecule has 1 aromatic carbocycles. The minimum atomic E-state index is -0.545. The Labute approximate surface area is 177 Å². The van der Waals surface area contributed by atoms with Crippen molar-refractivity contribution in [2.24, 2.45) is 11.8 Å². The molecule has 0 aliphatic rings. The Balaban J connectivity index is 2.54. The zero-order valence-corrected chi connectivity index (χ0v) is 19.3. The van der Waals surface area contributed by atoms with Crippen molar-refractivity contribution in [3.05, 3.63) is 34.3 Å². The highest BCUT2D eigenvalue weighted by molar-refractivity contribution is 9.10. The Morgan fingerprint density at radius 1 is 1.00 bits per heavy atom. The quantitative estimate of drug-likeness (QED) is 0.404. The van der Waals surface area contributed by atoms with Gasteiger partial charge in [0.15, 0.2) is 0 Å². The van der Waals surface area contributed by atoms with Gasteiger partial charge in [0.2, 0.25) is 0 Å². The zero-order valence-electron chi connectivity index (χ0n) is 17.7. The molecule has 1 atom stereocenters. The summed E-state index contributed by atoms with van der Waals surface area (Å²) in [5, 5.41) is 0. The third kappa shape index (κ3) is 10.7. The number of ether oxygens (including phenoxy) is 1. The summed E-state index contributed by atoms with van der Waals surface area (Å²) in [7, 11) is 0. The summed E-state index contributed by atoms with van der Waals surface area (Å²) in [4.78, 5) is 36.8. The van der Waals surface area contributed by atoms with Gasteiger partial charge in [-0.1, -0.05) is 41.9 Å². The van der Waals surface area contributed by atoms with Crippen LogP contribution in [0.4, 0.5) is 0 Å². The van der Waals surface area contributed by atoms with Gasteiger partial charge in [-0.25, -0.2) is 0 Å². The lowest BCUT2D eigenvalue weighted by atomic mass is 9.86. The number of esters is 1. The third-order valence-corrected chi connectivity index (χ3v) is 4.82. The molecule has 0 amide bonds. The summed E-state index contributed by atoms with van der Waals surface area (Å²) in [6.45, 7) is 9.57. The van der Waals surface area contributed by atoms with Gasteiger partial charge in [0.25, 0.3) is 0 Å². The highest BCUT2D eigenvalue weighted by Crippen LogP contribution is 2.22. The lowest BCUT2D eigenvalue weighted by molar-refractivity contribution is -0.155. The van der Waals surface area contributed by atoms with Crippen LogP contribution in [-0.4, -0.2) is 23.1 Å². The van der Waals surface area contributed by atoms with E-state index in [-0.39, 0.29) is 36.3 Å². The van der Waals surface area contributed by atoms with Gasteiger partial charge in [0.1, 0.15) is 17.2 Å². The van der Waals surface area contributed by atoms with Crippen molar-refractivity contribution in [2.45, 2.75) is 78.7 Å². The Bertz CT molecular complexity index is 656. The first-order valence-electron chi connectivity index (χ1n) is 9.97. The van der Waals surface area contributed by atoms with Gasteiger partial charge in [0.05, 0.1) is 6.42 Å². The van der Waals surface area contributed by atoms with E-state index in [9.17, 15) is 14.4 Å². The van der Waals surface area contributed by atoms with E-state index in [0.717, 1.165) is 16.5 Å². The molecule has 1 unspecified atom stereocenters. The van der Waals surface area contributed by atoms with Crippen molar-refractivity contribution in [1.82, 2.24) is 0 Å². The standard InChI is InChI=1S/C23H33BrO4/c1-16(2)14-18(21(26)12-13-22(27)28-23(3,4)5)8-11-20(25)15-17-6-9-19(24)10-7-17/h6-7,9-10,16,18H,8,11-15H2,1-5H3. The number of carbonyl (C=O) groups is 3. The van der Waals surface area contributed by atoms with Gasteiger partial charge >= 0.3 is 5.97 Å². The number of ketones is 2. The van der Waals surface area contributed by atoms with E-state index in [0.29, 0.717) is 25.2 Å². The number of halogens is 1. The van der Waals surface area contributed by atoms with E-state index < -0.39 is 5.60 Å². The summed E-state index contributed by atoms with van der Waals surface area (Å²) < 4.78 is 6.26. The lowest BCUT2D eigenvalue weighted by Gasteiger charge is -2.20. The normalized spacial score (nSPS) is 12.7.